The fourth-order valence-corrected chi connectivity index (χ4v) is 5.50. The number of halogens is 4. The van der Waals surface area contributed by atoms with E-state index in [9.17, 15) is 13.2 Å². The second-order valence-electron chi connectivity index (χ2n) is 9.52. The van der Waals surface area contributed by atoms with Gasteiger partial charge in [0.2, 0.25) is 0 Å². The highest BCUT2D eigenvalue weighted by Gasteiger charge is 2.43. The molecule has 2 fully saturated rings. The Bertz CT molecular complexity index is 877. The highest BCUT2D eigenvalue weighted by molar-refractivity contribution is 6.30. The van der Waals surface area contributed by atoms with Crippen LogP contribution in [0.3, 0.4) is 0 Å². The molecule has 1 saturated heterocycles. The standard InChI is InChI=1S/C26H31ClF3NO/c1-19(25(13-3-14-25)21-5-9-23(27)10-6-21)16-31-15-2-4-20(17-31)18-32-24-11-7-22(8-12-24)26(28,29)30/h5-12,19-20H,2-4,13-18H2,1H3/t19-,20+/m1/s1. The van der Waals surface area contributed by atoms with Crippen LogP contribution >= 0.6 is 11.6 Å². The number of benzene rings is 2. The molecule has 1 heterocycles. The largest absolute Gasteiger partial charge is 0.493 e. The highest BCUT2D eigenvalue weighted by Crippen LogP contribution is 2.49. The van der Waals surface area contributed by atoms with Crippen molar-refractivity contribution in [2.24, 2.45) is 11.8 Å². The predicted octanol–water partition coefficient (Wildman–Crippen LogP) is 7.21. The number of nitrogens with zero attached hydrogens (tertiary/aromatic N) is 1. The van der Waals surface area contributed by atoms with Gasteiger partial charge in [0, 0.05) is 24.0 Å². The molecule has 0 aromatic heterocycles. The third kappa shape index (κ3) is 5.26. The van der Waals surface area contributed by atoms with E-state index in [0.29, 0.717) is 24.2 Å². The number of likely N-dealkylation sites (tertiary alicyclic amines) is 1. The predicted molar refractivity (Wildman–Crippen MR) is 122 cm³/mol. The van der Waals surface area contributed by atoms with E-state index in [-0.39, 0.29) is 5.41 Å². The lowest BCUT2D eigenvalue weighted by Crippen LogP contribution is -2.48. The molecule has 2 atom stereocenters. The number of ether oxygens (including phenoxy) is 1. The van der Waals surface area contributed by atoms with Crippen LogP contribution in [-0.4, -0.2) is 31.1 Å². The molecule has 2 aromatic rings. The van der Waals surface area contributed by atoms with Crippen LogP contribution in [-0.2, 0) is 11.6 Å². The van der Waals surface area contributed by atoms with E-state index >= 15 is 0 Å². The summed E-state index contributed by atoms with van der Waals surface area (Å²) in [7, 11) is 0. The second kappa shape index (κ2) is 9.64. The van der Waals surface area contributed by atoms with Crippen molar-refractivity contribution in [3.63, 3.8) is 0 Å². The summed E-state index contributed by atoms with van der Waals surface area (Å²) in [5, 5.41) is 0.780. The molecule has 1 aliphatic heterocycles. The van der Waals surface area contributed by atoms with Gasteiger partial charge in [-0.25, -0.2) is 0 Å². The number of rotatable bonds is 7. The topological polar surface area (TPSA) is 12.5 Å². The zero-order valence-corrected chi connectivity index (χ0v) is 19.3. The smallest absolute Gasteiger partial charge is 0.416 e. The molecule has 0 unspecified atom stereocenters. The Morgan fingerprint density at radius 3 is 2.34 bits per heavy atom. The third-order valence-corrected chi connectivity index (χ3v) is 7.66. The van der Waals surface area contributed by atoms with Crippen LogP contribution in [0.1, 0.15) is 50.2 Å². The van der Waals surface area contributed by atoms with E-state index in [1.807, 2.05) is 12.1 Å². The molecule has 0 N–H and O–H groups in total. The second-order valence-corrected chi connectivity index (χ2v) is 9.96. The molecular weight excluding hydrogens is 435 g/mol. The molecule has 1 saturated carbocycles. The Morgan fingerprint density at radius 1 is 1.06 bits per heavy atom. The van der Waals surface area contributed by atoms with Crippen LogP contribution in [0.15, 0.2) is 48.5 Å². The van der Waals surface area contributed by atoms with Crippen molar-refractivity contribution in [3.8, 4) is 5.75 Å². The van der Waals surface area contributed by atoms with Crippen molar-refractivity contribution in [1.82, 2.24) is 4.90 Å². The van der Waals surface area contributed by atoms with Crippen LogP contribution < -0.4 is 4.74 Å². The van der Waals surface area contributed by atoms with Crippen molar-refractivity contribution in [2.75, 3.05) is 26.2 Å². The molecule has 4 rings (SSSR count). The first-order valence-electron chi connectivity index (χ1n) is 11.5. The molecule has 0 amide bonds. The van der Waals surface area contributed by atoms with E-state index in [0.717, 1.165) is 49.6 Å². The Kier molecular flexibility index (Phi) is 7.06. The first kappa shape index (κ1) is 23.4. The minimum absolute atomic E-state index is 0.244. The Hall–Kier alpha value is -1.72. The molecule has 2 nitrogen and oxygen atoms in total. The summed E-state index contributed by atoms with van der Waals surface area (Å²) in [6.07, 6.45) is 1.63. The molecule has 0 bridgehead atoms. The SMILES string of the molecule is C[C@H](CN1CCC[C@H](COc2ccc(C(F)(F)F)cc2)C1)C1(c2ccc(Cl)cc2)CCC1. The fraction of sp³-hybridized carbons (Fsp3) is 0.538. The van der Waals surface area contributed by atoms with Gasteiger partial charge in [0.1, 0.15) is 5.75 Å². The molecule has 2 aromatic carbocycles. The van der Waals surface area contributed by atoms with Gasteiger partial charge in [0.15, 0.2) is 0 Å². The summed E-state index contributed by atoms with van der Waals surface area (Å²) in [4.78, 5) is 2.55. The van der Waals surface area contributed by atoms with Crippen LogP contribution in [0.25, 0.3) is 0 Å². The zero-order chi connectivity index (χ0) is 22.8. The molecule has 0 radical (unpaired) electrons. The minimum Gasteiger partial charge on any atom is -0.493 e. The lowest BCUT2D eigenvalue weighted by atomic mass is 9.58. The third-order valence-electron chi connectivity index (χ3n) is 7.41. The zero-order valence-electron chi connectivity index (χ0n) is 18.5. The summed E-state index contributed by atoms with van der Waals surface area (Å²) in [6, 6.07) is 13.4. The minimum atomic E-state index is -4.32. The van der Waals surface area contributed by atoms with Crippen molar-refractivity contribution in [1.29, 1.82) is 0 Å². The maximum atomic E-state index is 12.7. The van der Waals surface area contributed by atoms with E-state index in [1.165, 1.54) is 37.0 Å². The van der Waals surface area contributed by atoms with Gasteiger partial charge in [-0.2, -0.15) is 13.2 Å². The lowest BCUT2D eigenvalue weighted by molar-refractivity contribution is -0.137. The van der Waals surface area contributed by atoms with Gasteiger partial charge in [-0.1, -0.05) is 37.1 Å². The first-order chi connectivity index (χ1) is 15.3. The van der Waals surface area contributed by atoms with Crippen LogP contribution in [0, 0.1) is 11.8 Å². The van der Waals surface area contributed by atoms with Crippen LogP contribution in [0.4, 0.5) is 13.2 Å². The Balaban J connectivity index is 1.31. The monoisotopic (exact) mass is 465 g/mol. The highest BCUT2D eigenvalue weighted by atomic mass is 35.5. The summed E-state index contributed by atoms with van der Waals surface area (Å²) >= 11 is 6.11. The van der Waals surface area contributed by atoms with Crippen molar-refractivity contribution >= 4 is 11.6 Å². The van der Waals surface area contributed by atoms with E-state index in [4.69, 9.17) is 16.3 Å². The van der Waals surface area contributed by atoms with Crippen LogP contribution in [0.2, 0.25) is 5.02 Å². The molecular formula is C26H31ClF3NO. The van der Waals surface area contributed by atoms with Gasteiger partial charge >= 0.3 is 6.18 Å². The Morgan fingerprint density at radius 2 is 1.75 bits per heavy atom. The first-order valence-corrected chi connectivity index (χ1v) is 11.9. The lowest BCUT2D eigenvalue weighted by Gasteiger charge is -2.49. The van der Waals surface area contributed by atoms with Crippen molar-refractivity contribution in [2.45, 2.75) is 50.6 Å². The molecule has 1 aliphatic carbocycles. The van der Waals surface area contributed by atoms with E-state index in [1.54, 1.807) is 0 Å². The molecule has 174 valence electrons. The summed E-state index contributed by atoms with van der Waals surface area (Å²) < 4.78 is 44.0. The summed E-state index contributed by atoms with van der Waals surface area (Å²) in [6.45, 7) is 6.04. The van der Waals surface area contributed by atoms with Gasteiger partial charge in [0.05, 0.1) is 12.2 Å². The average molecular weight is 466 g/mol. The summed E-state index contributed by atoms with van der Waals surface area (Å²) in [5.41, 5.74) is 1.00. The van der Waals surface area contributed by atoms with Gasteiger partial charge < -0.3 is 9.64 Å². The van der Waals surface area contributed by atoms with E-state index < -0.39 is 11.7 Å². The average Bonchev–Trinajstić information content (AvgIpc) is 2.73. The number of alkyl halides is 3. The molecule has 32 heavy (non-hydrogen) atoms. The van der Waals surface area contributed by atoms with Crippen LogP contribution in [0.5, 0.6) is 5.75 Å². The summed E-state index contributed by atoms with van der Waals surface area (Å²) in [5.74, 6) is 1.44. The van der Waals surface area contributed by atoms with E-state index in [2.05, 4.69) is 24.0 Å². The van der Waals surface area contributed by atoms with Gasteiger partial charge in [-0.3, -0.25) is 0 Å². The molecule has 2 aliphatic rings. The molecule has 6 heteroatoms. The maximum Gasteiger partial charge on any atom is 0.416 e. The number of hydrogen-bond acceptors (Lipinski definition) is 2. The Labute approximate surface area is 193 Å². The fourth-order valence-electron chi connectivity index (χ4n) is 5.37. The number of piperidine rings is 1. The van der Waals surface area contributed by atoms with Gasteiger partial charge in [-0.15, -0.1) is 0 Å². The number of hydrogen-bond donors (Lipinski definition) is 0. The normalized spacial score (nSPS) is 22.2. The quantitative estimate of drug-likeness (QED) is 0.428. The van der Waals surface area contributed by atoms with Gasteiger partial charge in [-0.05, 0) is 85.5 Å². The van der Waals surface area contributed by atoms with Gasteiger partial charge in [0.25, 0.3) is 0 Å². The van der Waals surface area contributed by atoms with Crippen molar-refractivity contribution in [3.05, 3.63) is 64.7 Å². The van der Waals surface area contributed by atoms with Crippen molar-refractivity contribution < 1.29 is 17.9 Å². The molecule has 0 spiro atoms. The maximum absolute atomic E-state index is 12.7.